The molecule has 222 valence electrons. The number of carbonyl (C=O) groups is 2. The van der Waals surface area contributed by atoms with E-state index in [1.807, 2.05) is 24.3 Å². The molecule has 1 aromatic carbocycles. The third kappa shape index (κ3) is 6.77. The Labute approximate surface area is 244 Å². The highest BCUT2D eigenvalue weighted by Crippen LogP contribution is 2.33. The van der Waals surface area contributed by atoms with Gasteiger partial charge in [0.2, 0.25) is 11.8 Å². The minimum Gasteiger partial charge on any atom is -0.456 e. The maximum absolute atomic E-state index is 13.4. The number of methoxy groups -OCH3 is 1. The van der Waals surface area contributed by atoms with Gasteiger partial charge < -0.3 is 29.0 Å². The predicted molar refractivity (Wildman–Crippen MR) is 150 cm³/mol. The minimum absolute atomic E-state index is 0.134. The van der Waals surface area contributed by atoms with Crippen molar-refractivity contribution < 1.29 is 28.3 Å². The molecule has 2 amide bonds. The fourth-order valence-electron chi connectivity index (χ4n) is 5.85. The number of hydrogen-bond donors (Lipinski definition) is 1. The van der Waals surface area contributed by atoms with Gasteiger partial charge in [0.15, 0.2) is 5.82 Å². The fourth-order valence-corrected chi connectivity index (χ4v) is 5.85. The van der Waals surface area contributed by atoms with E-state index in [4.69, 9.17) is 18.7 Å². The molecule has 3 aliphatic rings. The van der Waals surface area contributed by atoms with Crippen LogP contribution in [0.2, 0.25) is 0 Å². The van der Waals surface area contributed by atoms with E-state index in [-0.39, 0.29) is 43.7 Å². The average Bonchev–Trinajstić information content (AvgIpc) is 3.76. The van der Waals surface area contributed by atoms with E-state index in [2.05, 4.69) is 25.3 Å². The summed E-state index contributed by atoms with van der Waals surface area (Å²) in [6, 6.07) is 8.93. The molecule has 2 fully saturated rings. The van der Waals surface area contributed by atoms with Crippen molar-refractivity contribution >= 4 is 11.8 Å². The SMILES string of the molecule is COCCN1CC(=O)N[C@H]2CN(Cc3noc(C4CCCC4)n3)C[C@@H]2OCc2cccc(c2)Oc2cncc(c2)C1=O. The van der Waals surface area contributed by atoms with Crippen LogP contribution in [-0.4, -0.2) is 88.8 Å². The summed E-state index contributed by atoms with van der Waals surface area (Å²) < 4.78 is 23.2. The summed E-state index contributed by atoms with van der Waals surface area (Å²) >= 11 is 0. The summed E-state index contributed by atoms with van der Waals surface area (Å²) in [5, 5.41) is 7.35. The second kappa shape index (κ2) is 13.0. The lowest BCUT2D eigenvalue weighted by Gasteiger charge is -2.25. The molecular formula is C30H36N6O6. The molecule has 1 saturated carbocycles. The lowest BCUT2D eigenvalue weighted by atomic mass is 10.1. The number of nitrogens with zero attached hydrogens (tertiary/aromatic N) is 5. The van der Waals surface area contributed by atoms with Gasteiger partial charge in [-0.1, -0.05) is 30.1 Å². The van der Waals surface area contributed by atoms with Crippen LogP contribution in [0.25, 0.3) is 0 Å². The van der Waals surface area contributed by atoms with Crippen molar-refractivity contribution in [2.24, 2.45) is 0 Å². The van der Waals surface area contributed by atoms with Crippen LogP contribution in [0.4, 0.5) is 0 Å². The zero-order valence-electron chi connectivity index (χ0n) is 23.7. The van der Waals surface area contributed by atoms with Gasteiger partial charge in [0, 0.05) is 38.9 Å². The van der Waals surface area contributed by atoms with Gasteiger partial charge in [0.1, 0.15) is 11.5 Å². The van der Waals surface area contributed by atoms with Crippen molar-refractivity contribution in [1.82, 2.24) is 30.2 Å². The molecule has 2 atom stereocenters. The standard InChI is InChI=1S/C30H36N6O6/c1-39-10-9-36-18-28(37)32-25-15-35(17-27-33-29(42-34-27)21-6-2-3-7-21)16-26(25)40-19-20-5-4-8-23(11-20)41-24-12-22(30(36)38)13-31-14-24/h4-5,8,11-14,21,25-26H,2-3,6-7,9-10,15-19H2,1H3,(H,32,37)/t25-,26-/m0/s1. The summed E-state index contributed by atoms with van der Waals surface area (Å²) in [7, 11) is 1.56. The van der Waals surface area contributed by atoms with E-state index in [9.17, 15) is 9.59 Å². The monoisotopic (exact) mass is 576 g/mol. The smallest absolute Gasteiger partial charge is 0.256 e. The van der Waals surface area contributed by atoms with Crippen molar-refractivity contribution in [3.8, 4) is 11.5 Å². The van der Waals surface area contributed by atoms with Crippen molar-refractivity contribution in [3.63, 3.8) is 0 Å². The summed E-state index contributed by atoms with van der Waals surface area (Å²) in [5.74, 6) is 2.13. The first-order valence-corrected chi connectivity index (χ1v) is 14.5. The summed E-state index contributed by atoms with van der Waals surface area (Å²) in [6.45, 7) is 2.35. The van der Waals surface area contributed by atoms with Crippen LogP contribution in [0.3, 0.4) is 0 Å². The molecule has 0 radical (unpaired) electrons. The average molecular weight is 577 g/mol. The number of likely N-dealkylation sites (tertiary alicyclic amines) is 1. The number of fused-ring (bicyclic) bond motifs is 5. The Morgan fingerprint density at radius 2 is 1.98 bits per heavy atom. The number of hydrogen-bond acceptors (Lipinski definition) is 10. The number of aromatic nitrogens is 3. The molecule has 42 heavy (non-hydrogen) atoms. The van der Waals surface area contributed by atoms with Crippen LogP contribution in [-0.2, 0) is 27.4 Å². The highest BCUT2D eigenvalue weighted by Gasteiger charge is 2.36. The molecule has 12 heteroatoms. The summed E-state index contributed by atoms with van der Waals surface area (Å²) in [6.07, 6.45) is 7.31. The van der Waals surface area contributed by atoms with Gasteiger partial charge in [-0.15, -0.1) is 0 Å². The maximum Gasteiger partial charge on any atom is 0.256 e. The van der Waals surface area contributed by atoms with Crippen molar-refractivity contribution in [3.05, 3.63) is 65.6 Å². The van der Waals surface area contributed by atoms with Crippen LogP contribution >= 0.6 is 0 Å². The molecular weight excluding hydrogens is 540 g/mol. The number of amides is 2. The third-order valence-corrected chi connectivity index (χ3v) is 7.99. The van der Waals surface area contributed by atoms with Crippen LogP contribution in [0.1, 0.15) is 59.2 Å². The van der Waals surface area contributed by atoms with Crippen molar-refractivity contribution in [2.75, 3.05) is 39.9 Å². The molecule has 0 spiro atoms. The quantitative estimate of drug-likeness (QED) is 0.467. The molecule has 1 N–H and O–H groups in total. The molecule has 6 rings (SSSR count). The Morgan fingerprint density at radius 3 is 2.83 bits per heavy atom. The number of carbonyl (C=O) groups excluding carboxylic acids is 2. The van der Waals surface area contributed by atoms with Gasteiger partial charge in [-0.25, -0.2) is 0 Å². The maximum atomic E-state index is 13.4. The molecule has 12 nitrogen and oxygen atoms in total. The predicted octanol–water partition coefficient (Wildman–Crippen LogP) is 2.90. The van der Waals surface area contributed by atoms with Crippen molar-refractivity contribution in [2.45, 2.75) is 56.9 Å². The van der Waals surface area contributed by atoms with E-state index in [0.717, 1.165) is 24.3 Å². The van der Waals surface area contributed by atoms with Gasteiger partial charge >= 0.3 is 0 Å². The van der Waals surface area contributed by atoms with E-state index in [0.29, 0.717) is 55.0 Å². The van der Waals surface area contributed by atoms with E-state index >= 15 is 0 Å². The highest BCUT2D eigenvalue weighted by molar-refractivity contribution is 5.96. The Hall–Kier alpha value is -3.87. The molecule has 1 saturated heterocycles. The van der Waals surface area contributed by atoms with Gasteiger partial charge in [0.05, 0.1) is 50.2 Å². The lowest BCUT2D eigenvalue weighted by molar-refractivity contribution is -0.123. The minimum atomic E-state index is -0.336. The molecule has 4 heterocycles. The Morgan fingerprint density at radius 1 is 1.10 bits per heavy atom. The van der Waals surface area contributed by atoms with Gasteiger partial charge in [-0.3, -0.25) is 19.5 Å². The summed E-state index contributed by atoms with van der Waals surface area (Å²) in [4.78, 5) is 39.3. The number of benzene rings is 1. The number of ether oxygens (including phenoxy) is 3. The van der Waals surface area contributed by atoms with E-state index in [1.165, 1.54) is 23.9 Å². The fraction of sp³-hybridized carbons (Fsp3) is 0.500. The highest BCUT2D eigenvalue weighted by atomic mass is 16.5. The van der Waals surface area contributed by atoms with Crippen LogP contribution in [0.15, 0.2) is 47.2 Å². The van der Waals surface area contributed by atoms with Crippen molar-refractivity contribution in [1.29, 1.82) is 0 Å². The normalized spacial score (nSPS) is 22.2. The largest absolute Gasteiger partial charge is 0.456 e. The topological polar surface area (TPSA) is 132 Å². The van der Waals surface area contributed by atoms with Crippen LogP contribution in [0.5, 0.6) is 11.5 Å². The third-order valence-electron chi connectivity index (χ3n) is 7.99. The molecule has 1 aliphatic carbocycles. The van der Waals surface area contributed by atoms with E-state index in [1.54, 1.807) is 19.4 Å². The number of pyridine rings is 1. The Balaban J connectivity index is 1.22. The first kappa shape index (κ1) is 28.3. The molecule has 2 aromatic heterocycles. The van der Waals surface area contributed by atoms with Crippen LogP contribution < -0.4 is 10.1 Å². The lowest BCUT2D eigenvalue weighted by Crippen LogP contribution is -2.49. The number of nitrogens with one attached hydrogen (secondary N) is 1. The zero-order chi connectivity index (χ0) is 28.9. The van der Waals surface area contributed by atoms with Gasteiger partial charge in [0.25, 0.3) is 5.91 Å². The molecule has 2 aliphatic heterocycles. The molecule has 4 bridgehead atoms. The van der Waals surface area contributed by atoms with Gasteiger partial charge in [-0.05, 0) is 36.6 Å². The Kier molecular flexibility index (Phi) is 8.73. The first-order chi connectivity index (χ1) is 20.5. The Bertz CT molecular complexity index is 1390. The molecule has 0 unspecified atom stereocenters. The van der Waals surface area contributed by atoms with Gasteiger partial charge in [-0.2, -0.15) is 4.98 Å². The number of rotatable bonds is 6. The second-order valence-corrected chi connectivity index (χ2v) is 11.1. The molecule has 3 aromatic rings. The second-order valence-electron chi connectivity index (χ2n) is 11.1. The van der Waals surface area contributed by atoms with Crippen LogP contribution in [0, 0.1) is 0 Å². The van der Waals surface area contributed by atoms with E-state index < -0.39 is 0 Å². The zero-order valence-corrected chi connectivity index (χ0v) is 23.7. The summed E-state index contributed by atoms with van der Waals surface area (Å²) in [5.41, 5.74) is 1.25. The first-order valence-electron chi connectivity index (χ1n) is 14.5.